The van der Waals surface area contributed by atoms with Gasteiger partial charge in [0.1, 0.15) is 5.82 Å². The van der Waals surface area contributed by atoms with Gasteiger partial charge in [0.25, 0.3) is 0 Å². The number of aromatic nitrogens is 1. The zero-order valence-electron chi connectivity index (χ0n) is 10.9. The number of amides is 1. The van der Waals surface area contributed by atoms with Crippen molar-refractivity contribution in [3.8, 4) is 0 Å². The molecule has 0 saturated heterocycles. The summed E-state index contributed by atoms with van der Waals surface area (Å²) in [7, 11) is 0. The molecule has 1 heterocycles. The number of carbonyl (C=O) groups is 1. The second kappa shape index (κ2) is 8.47. The highest BCUT2D eigenvalue weighted by Crippen LogP contribution is 2.10. The molecule has 0 fully saturated rings. The fourth-order valence-corrected chi connectivity index (χ4v) is 1.45. The van der Waals surface area contributed by atoms with E-state index in [0.29, 0.717) is 25.2 Å². The molecular formula is C13H22N4O. The van der Waals surface area contributed by atoms with E-state index in [1.54, 1.807) is 12.3 Å². The van der Waals surface area contributed by atoms with E-state index in [9.17, 15) is 4.79 Å². The summed E-state index contributed by atoms with van der Waals surface area (Å²) in [6.45, 7) is 3.63. The van der Waals surface area contributed by atoms with E-state index < -0.39 is 0 Å². The van der Waals surface area contributed by atoms with Gasteiger partial charge in [-0.05, 0) is 31.5 Å². The summed E-state index contributed by atoms with van der Waals surface area (Å²) >= 11 is 0. The van der Waals surface area contributed by atoms with Gasteiger partial charge in [-0.25, -0.2) is 4.98 Å². The summed E-state index contributed by atoms with van der Waals surface area (Å²) in [4.78, 5) is 15.6. The number of carbonyl (C=O) groups excluding carboxylic acids is 1. The molecular weight excluding hydrogens is 228 g/mol. The standard InChI is InChI=1S/C13H22N4O/c1-2-3-9-15-11-6-7-12(16-10-11)17-13(18)5-4-8-14/h6-7,10,15H,2-5,8-9,14H2,1H3,(H,16,17,18). The van der Waals surface area contributed by atoms with Gasteiger partial charge in [0.15, 0.2) is 0 Å². The molecule has 1 aromatic rings. The van der Waals surface area contributed by atoms with Crippen LogP contribution < -0.4 is 16.4 Å². The zero-order valence-corrected chi connectivity index (χ0v) is 10.9. The highest BCUT2D eigenvalue weighted by atomic mass is 16.1. The Kier molecular flexibility index (Phi) is 6.79. The van der Waals surface area contributed by atoms with Gasteiger partial charge in [-0.1, -0.05) is 13.3 Å². The first-order chi connectivity index (χ1) is 8.76. The van der Waals surface area contributed by atoms with Crippen molar-refractivity contribution in [2.75, 3.05) is 23.7 Å². The number of unbranched alkanes of at least 4 members (excludes halogenated alkanes) is 1. The molecule has 1 rings (SSSR count). The van der Waals surface area contributed by atoms with Crippen LogP contribution in [0.3, 0.4) is 0 Å². The predicted octanol–water partition coefficient (Wildman–Crippen LogP) is 1.97. The van der Waals surface area contributed by atoms with E-state index in [0.717, 1.165) is 25.1 Å². The molecule has 0 aliphatic rings. The highest BCUT2D eigenvalue weighted by molar-refractivity contribution is 5.89. The second-order valence-corrected chi connectivity index (χ2v) is 4.15. The molecule has 0 saturated carbocycles. The Morgan fingerprint density at radius 3 is 2.83 bits per heavy atom. The molecule has 18 heavy (non-hydrogen) atoms. The van der Waals surface area contributed by atoms with E-state index in [2.05, 4.69) is 22.5 Å². The summed E-state index contributed by atoms with van der Waals surface area (Å²) in [6, 6.07) is 3.72. The van der Waals surface area contributed by atoms with Gasteiger partial charge in [0, 0.05) is 13.0 Å². The van der Waals surface area contributed by atoms with Crippen LogP contribution in [0.4, 0.5) is 11.5 Å². The fraction of sp³-hybridized carbons (Fsp3) is 0.538. The molecule has 1 amide bonds. The Bertz CT molecular complexity index is 351. The molecule has 0 spiro atoms. The molecule has 0 radical (unpaired) electrons. The Hall–Kier alpha value is -1.62. The molecule has 100 valence electrons. The molecule has 5 nitrogen and oxygen atoms in total. The first kappa shape index (κ1) is 14.4. The van der Waals surface area contributed by atoms with Crippen molar-refractivity contribution >= 4 is 17.4 Å². The van der Waals surface area contributed by atoms with Crippen LogP contribution in [0.25, 0.3) is 0 Å². The highest BCUT2D eigenvalue weighted by Gasteiger charge is 2.02. The van der Waals surface area contributed by atoms with E-state index >= 15 is 0 Å². The maximum absolute atomic E-state index is 11.4. The molecule has 0 unspecified atom stereocenters. The lowest BCUT2D eigenvalue weighted by Crippen LogP contribution is -2.14. The van der Waals surface area contributed by atoms with Crippen LogP contribution in [0, 0.1) is 0 Å². The minimum absolute atomic E-state index is 0.0420. The molecule has 5 heteroatoms. The van der Waals surface area contributed by atoms with Crippen LogP contribution >= 0.6 is 0 Å². The number of pyridine rings is 1. The first-order valence-corrected chi connectivity index (χ1v) is 6.46. The second-order valence-electron chi connectivity index (χ2n) is 4.15. The maximum Gasteiger partial charge on any atom is 0.225 e. The van der Waals surface area contributed by atoms with Gasteiger partial charge in [0.05, 0.1) is 11.9 Å². The fourth-order valence-electron chi connectivity index (χ4n) is 1.45. The minimum Gasteiger partial charge on any atom is -0.384 e. The van der Waals surface area contributed by atoms with Crippen LogP contribution in [0.1, 0.15) is 32.6 Å². The molecule has 0 aliphatic heterocycles. The van der Waals surface area contributed by atoms with E-state index in [1.807, 2.05) is 6.07 Å². The SMILES string of the molecule is CCCCNc1ccc(NC(=O)CCCN)nc1. The Morgan fingerprint density at radius 2 is 2.22 bits per heavy atom. The number of hydrogen-bond acceptors (Lipinski definition) is 4. The molecule has 4 N–H and O–H groups in total. The van der Waals surface area contributed by atoms with Crippen molar-refractivity contribution in [3.63, 3.8) is 0 Å². The topological polar surface area (TPSA) is 80.0 Å². The lowest BCUT2D eigenvalue weighted by molar-refractivity contribution is -0.116. The van der Waals surface area contributed by atoms with E-state index in [1.165, 1.54) is 0 Å². The zero-order chi connectivity index (χ0) is 13.2. The van der Waals surface area contributed by atoms with Crippen LogP contribution in [0.15, 0.2) is 18.3 Å². The van der Waals surface area contributed by atoms with Crippen LogP contribution in [-0.2, 0) is 4.79 Å². The molecule has 0 aromatic carbocycles. The minimum atomic E-state index is -0.0420. The largest absolute Gasteiger partial charge is 0.384 e. The summed E-state index contributed by atoms with van der Waals surface area (Å²) < 4.78 is 0. The van der Waals surface area contributed by atoms with Crippen molar-refractivity contribution in [1.82, 2.24) is 4.98 Å². The summed E-state index contributed by atoms with van der Waals surface area (Å²) in [6.07, 6.45) is 5.17. The first-order valence-electron chi connectivity index (χ1n) is 6.46. The van der Waals surface area contributed by atoms with Gasteiger partial charge < -0.3 is 16.4 Å². The lowest BCUT2D eigenvalue weighted by atomic mass is 10.3. The summed E-state index contributed by atoms with van der Waals surface area (Å²) in [5, 5.41) is 6.01. The third kappa shape index (κ3) is 5.63. The van der Waals surface area contributed by atoms with Gasteiger partial charge in [-0.3, -0.25) is 4.79 Å². The number of nitrogens with two attached hydrogens (primary N) is 1. The maximum atomic E-state index is 11.4. The van der Waals surface area contributed by atoms with Gasteiger partial charge in [-0.15, -0.1) is 0 Å². The number of rotatable bonds is 8. The smallest absolute Gasteiger partial charge is 0.225 e. The summed E-state index contributed by atoms with van der Waals surface area (Å²) in [5.74, 6) is 0.540. The third-order valence-corrected chi connectivity index (χ3v) is 2.50. The van der Waals surface area contributed by atoms with Crippen LogP contribution in [-0.4, -0.2) is 24.0 Å². The van der Waals surface area contributed by atoms with Crippen molar-refractivity contribution in [2.45, 2.75) is 32.6 Å². The molecule has 0 aliphatic carbocycles. The molecule has 0 atom stereocenters. The molecule has 0 bridgehead atoms. The van der Waals surface area contributed by atoms with E-state index in [4.69, 9.17) is 5.73 Å². The number of anilines is 2. The Balaban J connectivity index is 2.37. The van der Waals surface area contributed by atoms with Gasteiger partial charge in [-0.2, -0.15) is 0 Å². The van der Waals surface area contributed by atoms with E-state index in [-0.39, 0.29) is 5.91 Å². The monoisotopic (exact) mass is 250 g/mol. The van der Waals surface area contributed by atoms with Crippen molar-refractivity contribution in [2.24, 2.45) is 5.73 Å². The predicted molar refractivity (Wildman–Crippen MR) is 74.6 cm³/mol. The van der Waals surface area contributed by atoms with Gasteiger partial charge in [0.2, 0.25) is 5.91 Å². The lowest BCUT2D eigenvalue weighted by Gasteiger charge is -2.07. The average Bonchev–Trinajstić information content (AvgIpc) is 2.39. The van der Waals surface area contributed by atoms with Gasteiger partial charge >= 0.3 is 0 Å². The Morgan fingerprint density at radius 1 is 1.39 bits per heavy atom. The number of nitrogens with zero attached hydrogens (tertiary/aromatic N) is 1. The average molecular weight is 250 g/mol. The third-order valence-electron chi connectivity index (χ3n) is 2.50. The Labute approximate surface area is 108 Å². The van der Waals surface area contributed by atoms with Crippen LogP contribution in [0.5, 0.6) is 0 Å². The normalized spacial score (nSPS) is 10.1. The van der Waals surface area contributed by atoms with Crippen molar-refractivity contribution in [3.05, 3.63) is 18.3 Å². The van der Waals surface area contributed by atoms with Crippen molar-refractivity contribution in [1.29, 1.82) is 0 Å². The quantitative estimate of drug-likeness (QED) is 0.616. The number of hydrogen-bond donors (Lipinski definition) is 3. The summed E-state index contributed by atoms with van der Waals surface area (Å²) in [5.41, 5.74) is 6.32. The molecule has 1 aromatic heterocycles. The number of nitrogens with one attached hydrogen (secondary N) is 2. The van der Waals surface area contributed by atoms with Crippen molar-refractivity contribution < 1.29 is 4.79 Å². The van der Waals surface area contributed by atoms with Crippen LogP contribution in [0.2, 0.25) is 0 Å².